The number of nitrogens with zero attached hydrogens (tertiary/aromatic N) is 2. The van der Waals surface area contributed by atoms with Crippen molar-refractivity contribution in [3.8, 4) is 17.0 Å². The number of aliphatic hydroxyl groups is 1. The Morgan fingerprint density at radius 2 is 1.95 bits per heavy atom. The Hall–Kier alpha value is -3.60. The SMILES string of the molecule is Cc1nc2c(C)cc(C(=O)NC[C@H](O)c3cc4c(c(-c5cc(Cl)c(F)cc5C)n3)OC[C@]4(C)C(N)=O)cc2s1. The fourth-order valence-corrected chi connectivity index (χ4v) is 5.80. The summed E-state index contributed by atoms with van der Waals surface area (Å²) in [5.74, 6) is -1.24. The molecule has 2 atom stereocenters. The molecular formula is C28H26ClFN4O4S. The van der Waals surface area contributed by atoms with Crippen LogP contribution in [0.4, 0.5) is 4.39 Å². The predicted octanol–water partition coefficient (Wildman–Crippen LogP) is 4.67. The van der Waals surface area contributed by atoms with E-state index in [1.165, 1.54) is 23.5 Å². The highest BCUT2D eigenvalue weighted by Crippen LogP contribution is 2.46. The van der Waals surface area contributed by atoms with E-state index in [-0.39, 0.29) is 29.8 Å². The molecule has 4 N–H and O–H groups in total. The number of benzene rings is 2. The van der Waals surface area contributed by atoms with Gasteiger partial charge in [0.05, 0.1) is 25.9 Å². The Morgan fingerprint density at radius 1 is 1.21 bits per heavy atom. The minimum absolute atomic E-state index is 0.0184. The summed E-state index contributed by atoms with van der Waals surface area (Å²) in [6.45, 7) is 6.97. The van der Waals surface area contributed by atoms with Crippen LogP contribution in [0.5, 0.6) is 5.75 Å². The lowest BCUT2D eigenvalue weighted by Crippen LogP contribution is -2.40. The molecule has 5 rings (SSSR count). The number of fused-ring (bicyclic) bond motifs is 2. The number of aryl methyl sites for hydroxylation is 3. The summed E-state index contributed by atoms with van der Waals surface area (Å²) in [6.07, 6.45) is -1.23. The van der Waals surface area contributed by atoms with Crippen molar-refractivity contribution in [3.63, 3.8) is 0 Å². The van der Waals surface area contributed by atoms with Crippen LogP contribution in [0.15, 0.2) is 30.3 Å². The maximum Gasteiger partial charge on any atom is 0.251 e. The number of thiazole rings is 1. The summed E-state index contributed by atoms with van der Waals surface area (Å²) < 4.78 is 20.9. The highest BCUT2D eigenvalue weighted by atomic mass is 35.5. The van der Waals surface area contributed by atoms with Gasteiger partial charge in [-0.3, -0.25) is 9.59 Å². The zero-order chi connectivity index (χ0) is 28.2. The molecule has 0 saturated heterocycles. The van der Waals surface area contributed by atoms with E-state index in [4.69, 9.17) is 22.1 Å². The molecule has 3 heterocycles. The van der Waals surface area contributed by atoms with Crippen LogP contribution in [0.1, 0.15) is 50.8 Å². The number of rotatable bonds is 6. The third kappa shape index (κ3) is 4.73. The molecule has 0 spiro atoms. The molecule has 39 heavy (non-hydrogen) atoms. The molecule has 11 heteroatoms. The van der Waals surface area contributed by atoms with Gasteiger partial charge in [-0.25, -0.2) is 14.4 Å². The fourth-order valence-electron chi connectivity index (χ4n) is 4.70. The number of nitrogens with two attached hydrogens (primary N) is 1. The standard InChI is InChI=1S/C28H26ClFN4O4S/c1-12-6-19(30)18(29)8-16(12)24-25-17(28(4,11-38-25)27(31)37)9-20(34-24)21(35)10-32-26(36)15-5-13(2)23-22(7-15)39-14(3)33-23/h5-9,21,35H,10-11H2,1-4H3,(H2,31,37)(H,32,36)/t21-,28-/m0/s1. The first-order valence-corrected chi connectivity index (χ1v) is 13.4. The van der Waals surface area contributed by atoms with Crippen LogP contribution >= 0.6 is 22.9 Å². The average molecular weight is 569 g/mol. The van der Waals surface area contributed by atoms with Gasteiger partial charge in [0.15, 0.2) is 0 Å². The van der Waals surface area contributed by atoms with Crippen LogP contribution in [0.25, 0.3) is 21.5 Å². The molecular weight excluding hydrogens is 543 g/mol. The average Bonchev–Trinajstić information content (AvgIpc) is 3.44. The van der Waals surface area contributed by atoms with Crippen LogP contribution in [0, 0.1) is 26.6 Å². The second kappa shape index (κ2) is 9.86. The highest BCUT2D eigenvalue weighted by molar-refractivity contribution is 7.18. The number of hydrogen-bond acceptors (Lipinski definition) is 7. The number of nitrogens with one attached hydrogen (secondary N) is 1. The second-order valence-electron chi connectivity index (χ2n) is 9.94. The second-order valence-corrected chi connectivity index (χ2v) is 11.6. The topological polar surface area (TPSA) is 127 Å². The number of carbonyl (C=O) groups is 2. The molecule has 0 fully saturated rings. The Labute approximate surface area is 233 Å². The molecule has 4 aromatic rings. The van der Waals surface area contributed by atoms with Gasteiger partial charge >= 0.3 is 0 Å². The van der Waals surface area contributed by atoms with Gasteiger partial charge in [0, 0.05) is 23.2 Å². The van der Waals surface area contributed by atoms with Gasteiger partial charge in [-0.2, -0.15) is 0 Å². The van der Waals surface area contributed by atoms with E-state index in [1.54, 1.807) is 32.0 Å². The largest absolute Gasteiger partial charge is 0.489 e. The summed E-state index contributed by atoms with van der Waals surface area (Å²) in [4.78, 5) is 34.5. The van der Waals surface area contributed by atoms with Gasteiger partial charge in [-0.1, -0.05) is 11.6 Å². The van der Waals surface area contributed by atoms with Crippen molar-refractivity contribution in [3.05, 3.63) is 74.1 Å². The lowest BCUT2D eigenvalue weighted by Gasteiger charge is -2.20. The van der Waals surface area contributed by atoms with Gasteiger partial charge < -0.3 is 20.9 Å². The van der Waals surface area contributed by atoms with E-state index < -0.39 is 23.2 Å². The lowest BCUT2D eigenvalue weighted by molar-refractivity contribution is -0.123. The van der Waals surface area contributed by atoms with Crippen molar-refractivity contribution in [2.75, 3.05) is 13.2 Å². The minimum Gasteiger partial charge on any atom is -0.489 e. The Balaban J connectivity index is 1.49. The number of aromatic nitrogens is 2. The van der Waals surface area contributed by atoms with Crippen LogP contribution < -0.4 is 15.8 Å². The normalized spacial score (nSPS) is 17.1. The third-order valence-electron chi connectivity index (χ3n) is 7.01. The highest BCUT2D eigenvalue weighted by Gasteiger charge is 2.44. The van der Waals surface area contributed by atoms with Gasteiger partial charge in [-0.15, -0.1) is 11.3 Å². The Morgan fingerprint density at radius 3 is 2.67 bits per heavy atom. The van der Waals surface area contributed by atoms with Crippen molar-refractivity contribution in [2.45, 2.75) is 39.2 Å². The zero-order valence-electron chi connectivity index (χ0n) is 21.7. The number of pyridine rings is 1. The number of ether oxygens (including phenoxy) is 1. The van der Waals surface area contributed by atoms with Crippen LogP contribution in [0.2, 0.25) is 5.02 Å². The summed E-state index contributed by atoms with van der Waals surface area (Å²) in [7, 11) is 0. The minimum atomic E-state index is -1.23. The molecule has 0 aliphatic carbocycles. The molecule has 0 saturated carbocycles. The fraction of sp³-hybridized carbons (Fsp3) is 0.286. The molecule has 1 aliphatic rings. The zero-order valence-corrected chi connectivity index (χ0v) is 23.3. The van der Waals surface area contributed by atoms with E-state index >= 15 is 0 Å². The molecule has 2 aromatic carbocycles. The Bertz CT molecular complexity index is 1670. The molecule has 0 bridgehead atoms. The number of hydrogen-bond donors (Lipinski definition) is 3. The molecule has 1 aliphatic heterocycles. The summed E-state index contributed by atoms with van der Waals surface area (Å²) in [5, 5.41) is 14.7. The number of aliphatic hydroxyl groups excluding tert-OH is 1. The number of amides is 2. The smallest absolute Gasteiger partial charge is 0.251 e. The van der Waals surface area contributed by atoms with Crippen LogP contribution in [-0.2, 0) is 10.2 Å². The molecule has 2 amide bonds. The van der Waals surface area contributed by atoms with E-state index in [2.05, 4.69) is 15.3 Å². The molecule has 0 radical (unpaired) electrons. The third-order valence-corrected chi connectivity index (χ3v) is 8.22. The number of primary amides is 1. The molecule has 2 aromatic heterocycles. The monoisotopic (exact) mass is 568 g/mol. The maximum absolute atomic E-state index is 14.1. The van der Waals surface area contributed by atoms with Gasteiger partial charge in [0.2, 0.25) is 5.91 Å². The first-order chi connectivity index (χ1) is 18.4. The van der Waals surface area contributed by atoms with Crippen molar-refractivity contribution >= 4 is 45.0 Å². The van der Waals surface area contributed by atoms with Crippen LogP contribution in [-0.4, -0.2) is 40.0 Å². The van der Waals surface area contributed by atoms with Gasteiger partial charge in [0.1, 0.15) is 35.4 Å². The summed E-state index contributed by atoms with van der Waals surface area (Å²) in [6, 6.07) is 7.80. The van der Waals surface area contributed by atoms with Gasteiger partial charge in [0.25, 0.3) is 5.91 Å². The predicted molar refractivity (Wildman–Crippen MR) is 148 cm³/mol. The first kappa shape index (κ1) is 27.0. The molecule has 202 valence electrons. The summed E-state index contributed by atoms with van der Waals surface area (Å²) >= 11 is 7.57. The van der Waals surface area contributed by atoms with E-state index in [9.17, 15) is 19.1 Å². The first-order valence-electron chi connectivity index (χ1n) is 12.2. The van der Waals surface area contributed by atoms with Crippen molar-refractivity contribution < 1.29 is 23.8 Å². The maximum atomic E-state index is 14.1. The van der Waals surface area contributed by atoms with E-state index in [0.29, 0.717) is 33.7 Å². The van der Waals surface area contributed by atoms with Crippen molar-refractivity contribution in [1.29, 1.82) is 0 Å². The molecule has 8 nitrogen and oxygen atoms in total. The van der Waals surface area contributed by atoms with Crippen LogP contribution in [0.3, 0.4) is 0 Å². The summed E-state index contributed by atoms with van der Waals surface area (Å²) in [5.41, 5.74) is 8.67. The molecule has 0 unspecified atom stereocenters. The van der Waals surface area contributed by atoms with Crippen molar-refractivity contribution in [2.24, 2.45) is 5.73 Å². The number of halogens is 2. The lowest BCUT2D eigenvalue weighted by atomic mass is 9.82. The van der Waals surface area contributed by atoms with Crippen molar-refractivity contribution in [1.82, 2.24) is 15.3 Å². The Kier molecular flexibility index (Phi) is 6.82. The van der Waals surface area contributed by atoms with Gasteiger partial charge in [-0.05, 0) is 69.2 Å². The van der Waals surface area contributed by atoms with E-state index in [0.717, 1.165) is 20.8 Å². The number of carbonyl (C=O) groups excluding carboxylic acids is 2. The quantitative estimate of drug-likeness (QED) is 0.310. The van der Waals surface area contributed by atoms with E-state index in [1.807, 2.05) is 13.8 Å².